The van der Waals surface area contributed by atoms with Gasteiger partial charge in [-0.1, -0.05) is 0 Å². The van der Waals surface area contributed by atoms with Gasteiger partial charge in [0.05, 0.1) is 19.7 Å². The quantitative estimate of drug-likeness (QED) is 0.703. The molecule has 0 aliphatic heterocycles. The normalized spacial score (nSPS) is 10.8. The molecule has 3 aromatic rings. The fourth-order valence-corrected chi connectivity index (χ4v) is 2.75. The number of methoxy groups -OCH3 is 2. The third-order valence-corrected chi connectivity index (χ3v) is 4.03. The fraction of sp³-hybridized carbons (Fsp3) is 0.263. The molecule has 26 heavy (non-hydrogen) atoms. The summed E-state index contributed by atoms with van der Waals surface area (Å²) in [5, 5.41) is 0.386. The lowest BCUT2D eigenvalue weighted by atomic mass is 10.1. The zero-order chi connectivity index (χ0) is 18.7. The van der Waals surface area contributed by atoms with E-state index in [1.54, 1.807) is 19.2 Å². The van der Waals surface area contributed by atoms with Gasteiger partial charge in [0.1, 0.15) is 35.1 Å². The summed E-state index contributed by atoms with van der Waals surface area (Å²) >= 11 is 0. The van der Waals surface area contributed by atoms with Gasteiger partial charge < -0.3 is 24.9 Å². The summed E-state index contributed by atoms with van der Waals surface area (Å²) < 4.78 is 16.1. The Morgan fingerprint density at radius 3 is 2.58 bits per heavy atom. The van der Waals surface area contributed by atoms with E-state index < -0.39 is 0 Å². The molecular weight excluding hydrogens is 334 g/mol. The highest BCUT2D eigenvalue weighted by Crippen LogP contribution is 2.29. The van der Waals surface area contributed by atoms with Crippen LogP contribution in [0, 0.1) is 6.92 Å². The Labute approximate surface area is 150 Å². The van der Waals surface area contributed by atoms with E-state index in [-0.39, 0.29) is 5.56 Å². The van der Waals surface area contributed by atoms with Crippen LogP contribution in [0.25, 0.3) is 22.3 Å². The Morgan fingerprint density at radius 2 is 1.92 bits per heavy atom. The predicted molar refractivity (Wildman–Crippen MR) is 100 cm³/mol. The van der Waals surface area contributed by atoms with Crippen LogP contribution in [0.3, 0.4) is 0 Å². The maximum absolute atomic E-state index is 12.6. The Kier molecular flexibility index (Phi) is 5.09. The second-order valence-corrected chi connectivity index (χ2v) is 5.76. The van der Waals surface area contributed by atoms with Crippen molar-refractivity contribution in [3.63, 3.8) is 0 Å². The van der Waals surface area contributed by atoms with E-state index in [1.807, 2.05) is 25.1 Å². The van der Waals surface area contributed by atoms with Crippen LogP contribution in [0.5, 0.6) is 17.2 Å². The molecule has 136 valence electrons. The monoisotopic (exact) mass is 355 g/mol. The molecule has 0 saturated heterocycles. The minimum atomic E-state index is -0.273. The second kappa shape index (κ2) is 7.45. The molecule has 0 unspecified atom stereocenters. The smallest absolute Gasteiger partial charge is 0.262 e. The molecule has 7 nitrogen and oxygen atoms in total. The molecule has 0 bridgehead atoms. The van der Waals surface area contributed by atoms with E-state index in [4.69, 9.17) is 19.9 Å². The summed E-state index contributed by atoms with van der Waals surface area (Å²) in [5.41, 5.74) is 7.41. The van der Waals surface area contributed by atoms with E-state index in [0.717, 1.165) is 16.9 Å². The number of nitrogens with two attached hydrogens (primary N) is 1. The molecule has 0 fully saturated rings. The molecule has 3 rings (SSSR count). The molecule has 3 N–H and O–H groups in total. The van der Waals surface area contributed by atoms with Gasteiger partial charge in [-0.25, -0.2) is 4.98 Å². The average Bonchev–Trinajstić information content (AvgIpc) is 2.65. The standard InChI is InChI=1S/C19H21N3O4/c1-11-8-12(4-5-15(11)26-7-6-20)18-21-14-9-13(24-2)10-16(25-3)17(14)19(23)22-18/h4-5,8-10H,6-7,20H2,1-3H3,(H,21,22,23). The number of ether oxygens (including phenoxy) is 3. The lowest BCUT2D eigenvalue weighted by Gasteiger charge is -2.11. The molecule has 1 heterocycles. The molecule has 0 amide bonds. The van der Waals surface area contributed by atoms with Gasteiger partial charge in [-0.15, -0.1) is 0 Å². The van der Waals surface area contributed by atoms with Crippen molar-refractivity contribution >= 4 is 10.9 Å². The third kappa shape index (κ3) is 3.34. The first-order valence-corrected chi connectivity index (χ1v) is 8.17. The number of benzene rings is 2. The summed E-state index contributed by atoms with van der Waals surface area (Å²) in [6.07, 6.45) is 0. The second-order valence-electron chi connectivity index (χ2n) is 5.76. The van der Waals surface area contributed by atoms with Gasteiger partial charge in [-0.3, -0.25) is 4.79 Å². The van der Waals surface area contributed by atoms with Gasteiger partial charge in [-0.2, -0.15) is 0 Å². The first kappa shape index (κ1) is 17.8. The van der Waals surface area contributed by atoms with E-state index in [9.17, 15) is 4.79 Å². The molecule has 0 saturated carbocycles. The number of aromatic nitrogens is 2. The zero-order valence-electron chi connectivity index (χ0n) is 15.0. The average molecular weight is 355 g/mol. The van der Waals surface area contributed by atoms with Gasteiger partial charge in [0.2, 0.25) is 0 Å². The third-order valence-electron chi connectivity index (χ3n) is 4.03. The fourth-order valence-electron chi connectivity index (χ4n) is 2.75. The van der Waals surface area contributed by atoms with Crippen LogP contribution in [0.15, 0.2) is 35.1 Å². The molecule has 0 radical (unpaired) electrons. The van der Waals surface area contributed by atoms with Crippen LogP contribution >= 0.6 is 0 Å². The van der Waals surface area contributed by atoms with E-state index in [1.165, 1.54) is 7.11 Å². The molecular formula is C19H21N3O4. The van der Waals surface area contributed by atoms with E-state index in [0.29, 0.717) is 41.4 Å². The Balaban J connectivity index is 2.11. The minimum Gasteiger partial charge on any atom is -0.497 e. The summed E-state index contributed by atoms with van der Waals surface area (Å²) in [4.78, 5) is 20.0. The largest absolute Gasteiger partial charge is 0.497 e. The topological polar surface area (TPSA) is 99.5 Å². The molecule has 1 aromatic heterocycles. The van der Waals surface area contributed by atoms with Crippen LogP contribution in [0.4, 0.5) is 0 Å². The van der Waals surface area contributed by atoms with Crippen LogP contribution in [0.2, 0.25) is 0 Å². The summed E-state index contributed by atoms with van der Waals surface area (Å²) in [6.45, 7) is 2.83. The number of aromatic amines is 1. The van der Waals surface area contributed by atoms with E-state index >= 15 is 0 Å². The molecule has 2 aromatic carbocycles. The van der Waals surface area contributed by atoms with Crippen LogP contribution in [-0.4, -0.2) is 37.3 Å². The SMILES string of the molecule is COc1cc(OC)c2c(=O)[nH]c(-c3ccc(OCCN)c(C)c3)nc2c1. The van der Waals surface area contributed by atoms with Gasteiger partial charge in [0.15, 0.2) is 0 Å². The molecule has 7 heteroatoms. The maximum Gasteiger partial charge on any atom is 0.262 e. The first-order valence-electron chi connectivity index (χ1n) is 8.17. The number of aryl methyl sites for hydroxylation is 1. The van der Waals surface area contributed by atoms with Crippen molar-refractivity contribution in [3.8, 4) is 28.6 Å². The van der Waals surface area contributed by atoms with E-state index in [2.05, 4.69) is 9.97 Å². The van der Waals surface area contributed by atoms with Crippen molar-refractivity contribution in [2.24, 2.45) is 5.73 Å². The van der Waals surface area contributed by atoms with Crippen LogP contribution in [0.1, 0.15) is 5.56 Å². The summed E-state index contributed by atoms with van der Waals surface area (Å²) in [6, 6.07) is 8.97. The Bertz CT molecular complexity index is 998. The molecule has 0 atom stereocenters. The van der Waals surface area contributed by atoms with Crippen molar-refractivity contribution < 1.29 is 14.2 Å². The first-order chi connectivity index (χ1) is 12.6. The highest BCUT2D eigenvalue weighted by molar-refractivity contribution is 5.87. The van der Waals surface area contributed by atoms with Gasteiger partial charge in [-0.05, 0) is 30.7 Å². The van der Waals surface area contributed by atoms with Crippen LogP contribution in [-0.2, 0) is 0 Å². The predicted octanol–water partition coefficient (Wildman–Crippen LogP) is 2.25. The van der Waals surface area contributed by atoms with Crippen molar-refractivity contribution in [1.29, 1.82) is 0 Å². The molecule has 0 aliphatic rings. The van der Waals surface area contributed by atoms with Crippen LogP contribution < -0.4 is 25.5 Å². The minimum absolute atomic E-state index is 0.273. The zero-order valence-corrected chi connectivity index (χ0v) is 15.0. The number of hydrogen-bond donors (Lipinski definition) is 2. The van der Waals surface area contributed by atoms with Crippen molar-refractivity contribution in [1.82, 2.24) is 9.97 Å². The van der Waals surface area contributed by atoms with Gasteiger partial charge in [0, 0.05) is 24.2 Å². The number of hydrogen-bond acceptors (Lipinski definition) is 6. The molecule has 0 aliphatic carbocycles. The van der Waals surface area contributed by atoms with Crippen molar-refractivity contribution in [3.05, 3.63) is 46.2 Å². The number of nitrogens with zero attached hydrogens (tertiary/aromatic N) is 1. The maximum atomic E-state index is 12.6. The Morgan fingerprint density at radius 1 is 1.12 bits per heavy atom. The number of H-pyrrole nitrogens is 1. The van der Waals surface area contributed by atoms with Crippen molar-refractivity contribution in [2.75, 3.05) is 27.4 Å². The van der Waals surface area contributed by atoms with Gasteiger partial charge in [0.25, 0.3) is 5.56 Å². The van der Waals surface area contributed by atoms with Gasteiger partial charge >= 0.3 is 0 Å². The summed E-state index contributed by atoms with van der Waals surface area (Å²) in [7, 11) is 3.06. The highest BCUT2D eigenvalue weighted by atomic mass is 16.5. The number of rotatable bonds is 6. The number of nitrogens with one attached hydrogen (secondary N) is 1. The lowest BCUT2D eigenvalue weighted by Crippen LogP contribution is -2.12. The molecule has 0 spiro atoms. The highest BCUT2D eigenvalue weighted by Gasteiger charge is 2.13. The number of fused-ring (bicyclic) bond motifs is 1. The summed E-state index contributed by atoms with van der Waals surface area (Å²) in [5.74, 6) is 2.21. The lowest BCUT2D eigenvalue weighted by molar-refractivity contribution is 0.326. The van der Waals surface area contributed by atoms with Crippen molar-refractivity contribution in [2.45, 2.75) is 6.92 Å². The Hall–Kier alpha value is -3.06.